The molecular weight excluding hydrogens is 304 g/mol. The third-order valence-corrected chi connectivity index (χ3v) is 4.01. The van der Waals surface area contributed by atoms with Gasteiger partial charge in [-0.1, -0.05) is 0 Å². The summed E-state index contributed by atoms with van der Waals surface area (Å²) in [6, 6.07) is 3.34. The van der Waals surface area contributed by atoms with E-state index in [9.17, 15) is 18.4 Å². The minimum Gasteiger partial charge on any atom is -0.370 e. The Morgan fingerprint density at radius 1 is 1.26 bits per heavy atom. The lowest BCUT2D eigenvalue weighted by Gasteiger charge is -2.21. The number of primary amides is 1. The molecule has 0 spiro atoms. The van der Waals surface area contributed by atoms with Crippen molar-refractivity contribution in [2.24, 2.45) is 11.7 Å². The summed E-state index contributed by atoms with van der Waals surface area (Å²) in [4.78, 5) is 24.8. The number of likely N-dealkylation sites (tertiary alicyclic amines) is 1. The van der Waals surface area contributed by atoms with Crippen LogP contribution in [-0.4, -0.2) is 29.8 Å². The molecule has 1 atom stereocenters. The molecule has 0 saturated carbocycles. The number of amides is 2. The molecule has 122 valence electrons. The normalized spacial score (nSPS) is 18.1. The number of nitrogens with zero attached hydrogens (tertiary/aromatic N) is 2. The van der Waals surface area contributed by atoms with Gasteiger partial charge in [-0.3, -0.25) is 9.59 Å². The molecule has 1 saturated heterocycles. The molecule has 23 heavy (non-hydrogen) atoms. The van der Waals surface area contributed by atoms with Gasteiger partial charge in [0.25, 0.3) is 5.91 Å². The Kier molecular flexibility index (Phi) is 5.27. The van der Waals surface area contributed by atoms with Gasteiger partial charge in [-0.15, -0.1) is 0 Å². The second-order valence-corrected chi connectivity index (χ2v) is 5.69. The predicted octanol–water partition coefficient (Wildman–Crippen LogP) is 1.95. The summed E-state index contributed by atoms with van der Waals surface area (Å²) in [6.07, 6.45) is 2.20. The summed E-state index contributed by atoms with van der Waals surface area (Å²) in [7, 11) is 0. The maximum Gasteiger partial charge on any atom is 0.259 e. The highest BCUT2D eigenvalue weighted by molar-refractivity contribution is 5.95. The van der Waals surface area contributed by atoms with Gasteiger partial charge in [0.1, 0.15) is 17.2 Å². The molecule has 2 N–H and O–H groups in total. The highest BCUT2D eigenvalue weighted by Gasteiger charge is 2.27. The van der Waals surface area contributed by atoms with E-state index in [0.29, 0.717) is 25.9 Å². The molecular formula is C16H17F2N3O2. The maximum absolute atomic E-state index is 14.0. The average molecular weight is 321 g/mol. The fraction of sp³-hybridized carbons (Fsp3) is 0.438. The first-order valence-electron chi connectivity index (χ1n) is 7.39. The number of nitriles is 1. The van der Waals surface area contributed by atoms with Crippen LogP contribution in [0.3, 0.4) is 0 Å². The fourth-order valence-corrected chi connectivity index (χ4v) is 2.86. The van der Waals surface area contributed by atoms with Gasteiger partial charge >= 0.3 is 0 Å². The topological polar surface area (TPSA) is 87.2 Å². The van der Waals surface area contributed by atoms with E-state index in [-0.39, 0.29) is 23.8 Å². The van der Waals surface area contributed by atoms with Gasteiger partial charge in [0.05, 0.1) is 11.6 Å². The van der Waals surface area contributed by atoms with E-state index >= 15 is 0 Å². The van der Waals surface area contributed by atoms with E-state index in [1.807, 2.05) is 0 Å². The lowest BCUT2D eigenvalue weighted by Crippen LogP contribution is -2.33. The van der Waals surface area contributed by atoms with Crippen LogP contribution in [0, 0.1) is 28.9 Å². The third kappa shape index (κ3) is 4.03. The van der Waals surface area contributed by atoms with Crippen LogP contribution in [0.4, 0.5) is 8.78 Å². The van der Waals surface area contributed by atoms with Gasteiger partial charge in [-0.25, -0.2) is 8.78 Å². The number of rotatable bonds is 3. The van der Waals surface area contributed by atoms with Gasteiger partial charge in [0.15, 0.2) is 0 Å². The van der Waals surface area contributed by atoms with E-state index in [0.717, 1.165) is 18.6 Å². The molecule has 1 aliphatic rings. The van der Waals surface area contributed by atoms with Crippen molar-refractivity contribution in [1.29, 1.82) is 5.26 Å². The molecule has 0 aliphatic carbocycles. The lowest BCUT2D eigenvalue weighted by atomic mass is 9.97. The quantitative estimate of drug-likeness (QED) is 0.923. The summed E-state index contributed by atoms with van der Waals surface area (Å²) in [5, 5.41) is 8.69. The first kappa shape index (κ1) is 16.9. The van der Waals surface area contributed by atoms with E-state index in [4.69, 9.17) is 11.0 Å². The maximum atomic E-state index is 14.0. The van der Waals surface area contributed by atoms with E-state index in [2.05, 4.69) is 0 Å². The Balaban J connectivity index is 2.15. The van der Waals surface area contributed by atoms with Gasteiger partial charge in [0, 0.05) is 19.5 Å². The molecule has 1 unspecified atom stereocenters. The number of halogens is 2. The second-order valence-electron chi connectivity index (χ2n) is 5.69. The van der Waals surface area contributed by atoms with Crippen LogP contribution in [0.25, 0.3) is 0 Å². The molecule has 2 rings (SSSR count). The average Bonchev–Trinajstić information content (AvgIpc) is 2.71. The molecule has 2 amide bonds. The van der Waals surface area contributed by atoms with Crippen LogP contribution in [0.5, 0.6) is 0 Å². The first-order chi connectivity index (χ1) is 10.9. The predicted molar refractivity (Wildman–Crippen MR) is 78.1 cm³/mol. The molecule has 0 aromatic heterocycles. The minimum absolute atomic E-state index is 0.0842. The SMILES string of the molecule is N#Cc1cc(F)c(C(=O)N2CCCC(CC(N)=O)CC2)c(F)c1. The zero-order valence-corrected chi connectivity index (χ0v) is 12.5. The molecule has 1 aromatic rings. The zero-order chi connectivity index (χ0) is 17.0. The number of hydrogen-bond acceptors (Lipinski definition) is 3. The van der Waals surface area contributed by atoms with Crippen LogP contribution >= 0.6 is 0 Å². The van der Waals surface area contributed by atoms with Crippen LogP contribution in [0.2, 0.25) is 0 Å². The summed E-state index contributed by atoms with van der Waals surface area (Å²) in [6.45, 7) is 0.683. The Hall–Kier alpha value is -2.49. The highest BCUT2D eigenvalue weighted by atomic mass is 19.1. The van der Waals surface area contributed by atoms with Crippen molar-refractivity contribution in [3.63, 3.8) is 0 Å². The van der Waals surface area contributed by atoms with Gasteiger partial charge < -0.3 is 10.6 Å². The Morgan fingerprint density at radius 3 is 2.48 bits per heavy atom. The van der Waals surface area contributed by atoms with Crippen molar-refractivity contribution in [3.05, 3.63) is 34.9 Å². The van der Waals surface area contributed by atoms with Gasteiger partial charge in [-0.05, 0) is 37.3 Å². The van der Waals surface area contributed by atoms with E-state index in [1.165, 1.54) is 4.90 Å². The number of hydrogen-bond donors (Lipinski definition) is 1. The minimum atomic E-state index is -1.04. The van der Waals surface area contributed by atoms with Gasteiger partial charge in [0.2, 0.25) is 5.91 Å². The molecule has 1 heterocycles. The van der Waals surface area contributed by atoms with Crippen molar-refractivity contribution in [1.82, 2.24) is 4.90 Å². The highest BCUT2D eigenvalue weighted by Crippen LogP contribution is 2.23. The molecule has 1 fully saturated rings. The summed E-state index contributed by atoms with van der Waals surface area (Å²) >= 11 is 0. The Bertz CT molecular complexity index is 647. The molecule has 0 radical (unpaired) electrons. The van der Waals surface area contributed by atoms with Crippen molar-refractivity contribution in [2.45, 2.75) is 25.7 Å². The van der Waals surface area contributed by atoms with Crippen LogP contribution < -0.4 is 5.73 Å². The van der Waals surface area contributed by atoms with Crippen molar-refractivity contribution in [2.75, 3.05) is 13.1 Å². The zero-order valence-electron chi connectivity index (χ0n) is 12.5. The van der Waals surface area contributed by atoms with Crippen molar-refractivity contribution >= 4 is 11.8 Å². The van der Waals surface area contributed by atoms with Crippen molar-refractivity contribution < 1.29 is 18.4 Å². The van der Waals surface area contributed by atoms with E-state index < -0.39 is 23.1 Å². The Morgan fingerprint density at radius 2 is 1.91 bits per heavy atom. The first-order valence-corrected chi connectivity index (χ1v) is 7.39. The van der Waals surface area contributed by atoms with Crippen LogP contribution in [0.15, 0.2) is 12.1 Å². The number of carbonyl (C=O) groups is 2. The Labute approximate surface area is 132 Å². The van der Waals surface area contributed by atoms with Crippen LogP contribution in [0.1, 0.15) is 41.6 Å². The number of nitrogens with two attached hydrogens (primary N) is 1. The van der Waals surface area contributed by atoms with E-state index in [1.54, 1.807) is 6.07 Å². The summed E-state index contributed by atoms with van der Waals surface area (Å²) in [5.41, 5.74) is 4.37. The number of benzene rings is 1. The number of carbonyl (C=O) groups excluding carboxylic acids is 2. The standard InChI is InChI=1S/C16H17F2N3O2/c17-12-6-11(9-19)7-13(18)15(12)16(23)21-4-1-2-10(3-5-21)8-14(20)22/h6-7,10H,1-5,8H2,(H2,20,22). The molecule has 0 bridgehead atoms. The van der Waals surface area contributed by atoms with Crippen molar-refractivity contribution in [3.8, 4) is 6.07 Å². The lowest BCUT2D eigenvalue weighted by molar-refractivity contribution is -0.119. The smallest absolute Gasteiger partial charge is 0.259 e. The third-order valence-electron chi connectivity index (χ3n) is 4.01. The summed E-state index contributed by atoms with van der Waals surface area (Å²) < 4.78 is 27.9. The monoisotopic (exact) mass is 321 g/mol. The second kappa shape index (κ2) is 7.18. The van der Waals surface area contributed by atoms with Crippen LogP contribution in [-0.2, 0) is 4.79 Å². The molecule has 7 heteroatoms. The molecule has 1 aromatic carbocycles. The summed E-state index contributed by atoms with van der Waals surface area (Å²) in [5.74, 6) is -3.11. The van der Waals surface area contributed by atoms with Gasteiger partial charge in [-0.2, -0.15) is 5.26 Å². The largest absolute Gasteiger partial charge is 0.370 e. The molecule has 1 aliphatic heterocycles. The fourth-order valence-electron chi connectivity index (χ4n) is 2.86. The molecule has 5 nitrogen and oxygen atoms in total.